The van der Waals surface area contributed by atoms with E-state index in [2.05, 4.69) is 27.2 Å². The summed E-state index contributed by atoms with van der Waals surface area (Å²) in [5, 5.41) is 3.61. The normalized spacial score (nSPS) is 15.1. The van der Waals surface area contributed by atoms with Gasteiger partial charge in [0.25, 0.3) is 5.91 Å². The summed E-state index contributed by atoms with van der Waals surface area (Å²) in [6.45, 7) is 5.50. The summed E-state index contributed by atoms with van der Waals surface area (Å²) in [7, 11) is 0. The third-order valence-corrected chi connectivity index (χ3v) is 4.84. The van der Waals surface area contributed by atoms with Crippen LogP contribution in [0.15, 0.2) is 48.5 Å². The van der Waals surface area contributed by atoms with Gasteiger partial charge in [-0.05, 0) is 55.4 Å². The second-order valence-electron chi connectivity index (χ2n) is 6.42. The SMILES string of the molecule is O=C(NCCCN1CCN(c2ccc(Cl)cc2)CC1)c1cccc(F)c1. The quantitative estimate of drug-likeness (QED) is 0.786. The maximum Gasteiger partial charge on any atom is 0.251 e. The fourth-order valence-corrected chi connectivity index (χ4v) is 3.24. The van der Waals surface area contributed by atoms with Crippen LogP contribution >= 0.6 is 11.6 Å². The second-order valence-corrected chi connectivity index (χ2v) is 6.86. The van der Waals surface area contributed by atoms with E-state index in [4.69, 9.17) is 11.6 Å². The fraction of sp³-hybridized carbons (Fsp3) is 0.350. The Kier molecular flexibility index (Phi) is 6.47. The van der Waals surface area contributed by atoms with Gasteiger partial charge in [0.2, 0.25) is 0 Å². The summed E-state index contributed by atoms with van der Waals surface area (Å²) in [5.74, 6) is -0.617. The van der Waals surface area contributed by atoms with Crippen molar-refractivity contribution in [3.8, 4) is 0 Å². The smallest absolute Gasteiger partial charge is 0.251 e. The molecule has 1 fully saturated rings. The summed E-state index contributed by atoms with van der Waals surface area (Å²) < 4.78 is 13.1. The van der Waals surface area contributed by atoms with Crippen molar-refractivity contribution in [3.63, 3.8) is 0 Å². The number of amides is 1. The Morgan fingerprint density at radius 1 is 1.08 bits per heavy atom. The van der Waals surface area contributed by atoms with Gasteiger partial charge in [-0.1, -0.05) is 17.7 Å². The van der Waals surface area contributed by atoms with Crippen molar-refractivity contribution >= 4 is 23.2 Å². The number of carbonyl (C=O) groups is 1. The van der Waals surface area contributed by atoms with E-state index in [1.165, 1.54) is 17.8 Å². The molecule has 0 atom stereocenters. The van der Waals surface area contributed by atoms with Crippen LogP contribution < -0.4 is 10.2 Å². The Morgan fingerprint density at radius 3 is 2.50 bits per heavy atom. The predicted octanol–water partition coefficient (Wildman–Crippen LogP) is 3.42. The van der Waals surface area contributed by atoms with Crippen molar-refractivity contribution in [3.05, 3.63) is 64.9 Å². The van der Waals surface area contributed by atoms with E-state index < -0.39 is 5.82 Å². The van der Waals surface area contributed by atoms with Gasteiger partial charge in [-0.15, -0.1) is 0 Å². The van der Waals surface area contributed by atoms with Crippen molar-refractivity contribution in [2.24, 2.45) is 0 Å². The molecular formula is C20H23ClFN3O. The summed E-state index contributed by atoms with van der Waals surface area (Å²) >= 11 is 5.94. The van der Waals surface area contributed by atoms with Crippen LogP contribution in [0.4, 0.5) is 10.1 Å². The highest BCUT2D eigenvalue weighted by Gasteiger charge is 2.16. The van der Waals surface area contributed by atoms with Gasteiger partial charge in [0.15, 0.2) is 0 Å². The molecular weight excluding hydrogens is 353 g/mol. The van der Waals surface area contributed by atoms with Crippen molar-refractivity contribution < 1.29 is 9.18 Å². The molecule has 2 aromatic carbocycles. The Balaban J connectivity index is 1.35. The Bertz CT molecular complexity index is 730. The van der Waals surface area contributed by atoms with Gasteiger partial charge in [0, 0.05) is 49.0 Å². The molecule has 1 aliphatic heterocycles. The molecule has 1 saturated heterocycles. The molecule has 138 valence electrons. The van der Waals surface area contributed by atoms with Crippen LogP contribution in [0.25, 0.3) is 0 Å². The van der Waals surface area contributed by atoms with Crippen LogP contribution in [-0.2, 0) is 0 Å². The van der Waals surface area contributed by atoms with Crippen molar-refractivity contribution in [1.29, 1.82) is 0 Å². The maximum atomic E-state index is 13.1. The fourth-order valence-electron chi connectivity index (χ4n) is 3.12. The highest BCUT2D eigenvalue weighted by Crippen LogP contribution is 2.19. The monoisotopic (exact) mass is 375 g/mol. The van der Waals surface area contributed by atoms with Crippen LogP contribution in [0.5, 0.6) is 0 Å². The number of nitrogens with one attached hydrogen (secondary N) is 1. The first kappa shape index (κ1) is 18.7. The van der Waals surface area contributed by atoms with E-state index in [0.29, 0.717) is 12.1 Å². The molecule has 0 aromatic heterocycles. The lowest BCUT2D eigenvalue weighted by molar-refractivity contribution is 0.0951. The number of hydrogen-bond acceptors (Lipinski definition) is 3. The van der Waals surface area contributed by atoms with Crippen LogP contribution in [-0.4, -0.2) is 50.1 Å². The van der Waals surface area contributed by atoms with Crippen LogP contribution in [0.3, 0.4) is 0 Å². The van der Waals surface area contributed by atoms with Gasteiger partial charge in [-0.2, -0.15) is 0 Å². The molecule has 0 radical (unpaired) electrons. The molecule has 2 aromatic rings. The summed E-state index contributed by atoms with van der Waals surface area (Å²) in [6.07, 6.45) is 0.877. The predicted molar refractivity (Wildman–Crippen MR) is 103 cm³/mol. The Morgan fingerprint density at radius 2 is 1.81 bits per heavy atom. The molecule has 0 aliphatic carbocycles. The van der Waals surface area contributed by atoms with E-state index in [1.807, 2.05) is 12.1 Å². The molecule has 0 bridgehead atoms. The minimum absolute atomic E-state index is 0.225. The highest BCUT2D eigenvalue weighted by atomic mass is 35.5. The molecule has 1 heterocycles. The number of carbonyl (C=O) groups excluding carboxylic acids is 1. The van der Waals surface area contributed by atoms with Gasteiger partial charge in [-0.25, -0.2) is 4.39 Å². The minimum atomic E-state index is -0.392. The largest absolute Gasteiger partial charge is 0.369 e. The number of nitrogens with zero attached hydrogens (tertiary/aromatic N) is 2. The average Bonchev–Trinajstić information content (AvgIpc) is 2.66. The van der Waals surface area contributed by atoms with Crippen molar-refractivity contribution in [2.45, 2.75) is 6.42 Å². The molecule has 26 heavy (non-hydrogen) atoms. The maximum absolute atomic E-state index is 13.1. The van der Waals surface area contributed by atoms with Crippen LogP contribution in [0, 0.1) is 5.82 Å². The van der Waals surface area contributed by atoms with E-state index in [1.54, 1.807) is 12.1 Å². The number of hydrogen-bond donors (Lipinski definition) is 1. The number of halogens is 2. The number of piperazine rings is 1. The molecule has 4 nitrogen and oxygen atoms in total. The zero-order valence-electron chi connectivity index (χ0n) is 14.6. The van der Waals surface area contributed by atoms with Gasteiger partial charge < -0.3 is 10.2 Å². The van der Waals surface area contributed by atoms with E-state index in [0.717, 1.165) is 44.2 Å². The van der Waals surface area contributed by atoms with E-state index in [-0.39, 0.29) is 5.91 Å². The zero-order chi connectivity index (χ0) is 18.4. The topological polar surface area (TPSA) is 35.6 Å². The molecule has 0 unspecified atom stereocenters. The average molecular weight is 376 g/mol. The zero-order valence-corrected chi connectivity index (χ0v) is 15.4. The van der Waals surface area contributed by atoms with Gasteiger partial charge in [0.05, 0.1) is 0 Å². The highest BCUT2D eigenvalue weighted by molar-refractivity contribution is 6.30. The van der Waals surface area contributed by atoms with Crippen LogP contribution in [0.2, 0.25) is 5.02 Å². The second kappa shape index (κ2) is 9.01. The van der Waals surface area contributed by atoms with Crippen molar-refractivity contribution in [1.82, 2.24) is 10.2 Å². The third kappa shape index (κ3) is 5.19. The lowest BCUT2D eigenvalue weighted by atomic mass is 10.2. The molecule has 0 saturated carbocycles. The van der Waals surface area contributed by atoms with E-state index in [9.17, 15) is 9.18 Å². The molecule has 1 aliphatic rings. The molecule has 1 N–H and O–H groups in total. The molecule has 0 spiro atoms. The lowest BCUT2D eigenvalue weighted by Gasteiger charge is -2.36. The number of rotatable bonds is 6. The Labute approximate surface area is 158 Å². The number of benzene rings is 2. The first-order chi connectivity index (χ1) is 12.6. The minimum Gasteiger partial charge on any atom is -0.369 e. The third-order valence-electron chi connectivity index (χ3n) is 4.59. The first-order valence-corrected chi connectivity index (χ1v) is 9.26. The summed E-state index contributed by atoms with van der Waals surface area (Å²) in [4.78, 5) is 16.7. The summed E-state index contributed by atoms with van der Waals surface area (Å²) in [6, 6.07) is 13.7. The van der Waals surface area contributed by atoms with Gasteiger partial charge in [0.1, 0.15) is 5.82 Å². The van der Waals surface area contributed by atoms with Gasteiger partial charge >= 0.3 is 0 Å². The molecule has 3 rings (SSSR count). The standard InChI is InChI=1S/C20H23ClFN3O/c21-17-5-7-19(8-6-17)25-13-11-24(12-14-25)10-2-9-23-20(26)16-3-1-4-18(22)15-16/h1,3-8,15H,2,9-14H2,(H,23,26). The number of anilines is 1. The molecule has 6 heteroatoms. The van der Waals surface area contributed by atoms with E-state index >= 15 is 0 Å². The summed E-state index contributed by atoms with van der Waals surface area (Å²) in [5.41, 5.74) is 1.57. The first-order valence-electron chi connectivity index (χ1n) is 8.88. The lowest BCUT2D eigenvalue weighted by Crippen LogP contribution is -2.47. The van der Waals surface area contributed by atoms with Crippen molar-refractivity contribution in [2.75, 3.05) is 44.2 Å². The van der Waals surface area contributed by atoms with Crippen LogP contribution in [0.1, 0.15) is 16.8 Å². The van der Waals surface area contributed by atoms with Gasteiger partial charge in [-0.3, -0.25) is 9.69 Å². The molecule has 1 amide bonds. The Hall–Kier alpha value is -2.11.